The fraction of sp³-hybridized carbons (Fsp3) is 0.500. The van der Waals surface area contributed by atoms with Gasteiger partial charge in [-0.1, -0.05) is 71.9 Å². The second-order valence-electron chi connectivity index (χ2n) is 9.72. The summed E-state index contributed by atoms with van der Waals surface area (Å²) in [6.45, 7) is 7.62. The van der Waals surface area contributed by atoms with E-state index in [-0.39, 0.29) is 7.43 Å². The van der Waals surface area contributed by atoms with E-state index in [1.165, 1.54) is 38.5 Å². The van der Waals surface area contributed by atoms with Gasteiger partial charge in [-0.05, 0) is 37.8 Å². The van der Waals surface area contributed by atoms with Crippen LogP contribution in [0.2, 0.25) is 0 Å². The van der Waals surface area contributed by atoms with Crippen molar-refractivity contribution in [3.8, 4) is 0 Å². The Labute approximate surface area is 220 Å². The summed E-state index contributed by atoms with van der Waals surface area (Å²) in [5.41, 5.74) is 0.306. The summed E-state index contributed by atoms with van der Waals surface area (Å²) in [6.07, 6.45) is 8.87. The van der Waals surface area contributed by atoms with Gasteiger partial charge in [0.15, 0.2) is 5.78 Å². The fourth-order valence-corrected chi connectivity index (χ4v) is 4.42. The number of halogens is 3. The van der Waals surface area contributed by atoms with Gasteiger partial charge < -0.3 is 4.90 Å². The van der Waals surface area contributed by atoms with Crippen LogP contribution in [0.4, 0.5) is 19.0 Å². The van der Waals surface area contributed by atoms with Gasteiger partial charge in [0.25, 0.3) is 0 Å². The van der Waals surface area contributed by atoms with Crippen molar-refractivity contribution in [2.75, 3.05) is 19.0 Å². The molecular weight excluding hydrogens is 475 g/mol. The molecule has 1 fully saturated rings. The molecule has 1 aromatic heterocycles. The number of benzene rings is 2. The zero-order valence-electron chi connectivity index (χ0n) is 22.2. The van der Waals surface area contributed by atoms with E-state index in [1.807, 2.05) is 50.2 Å². The van der Waals surface area contributed by atoms with Gasteiger partial charge in [0.05, 0.1) is 11.1 Å². The number of hydrogen-bond donors (Lipinski definition) is 0. The van der Waals surface area contributed by atoms with Gasteiger partial charge in [-0.25, -0.2) is 23.1 Å². The molecule has 0 amide bonds. The maximum Gasteiger partial charge on any atom is 0.165 e. The van der Waals surface area contributed by atoms with Crippen LogP contribution in [0.5, 0.6) is 0 Å². The highest BCUT2D eigenvalue weighted by atomic mass is 19.1. The Morgan fingerprint density at radius 2 is 1.57 bits per heavy atom. The van der Waals surface area contributed by atoms with Crippen molar-refractivity contribution in [2.24, 2.45) is 11.8 Å². The van der Waals surface area contributed by atoms with Crippen molar-refractivity contribution < 1.29 is 18.0 Å². The molecule has 1 saturated carbocycles. The number of anilines is 1. The van der Waals surface area contributed by atoms with Crippen LogP contribution in [-0.2, 0) is 0 Å². The predicted octanol–water partition coefficient (Wildman–Crippen LogP) is 8.56. The molecule has 0 radical (unpaired) electrons. The smallest absolute Gasteiger partial charge is 0.165 e. The van der Waals surface area contributed by atoms with E-state index >= 15 is 0 Å². The van der Waals surface area contributed by atoms with Crippen LogP contribution in [-0.4, -0.2) is 29.8 Å². The van der Waals surface area contributed by atoms with Crippen molar-refractivity contribution in [1.82, 2.24) is 9.97 Å². The van der Waals surface area contributed by atoms with E-state index < -0.39 is 28.8 Å². The predicted molar refractivity (Wildman–Crippen MR) is 148 cm³/mol. The zero-order chi connectivity index (χ0) is 26.8. The molecular formula is C30H42F3N3O. The lowest BCUT2D eigenvalue weighted by Gasteiger charge is -2.25. The first-order valence-electron chi connectivity index (χ1n) is 12.6. The molecule has 4 rings (SSSR count). The van der Waals surface area contributed by atoms with Crippen LogP contribution in [0.3, 0.4) is 0 Å². The Morgan fingerprint density at radius 3 is 2.08 bits per heavy atom. The standard InChI is InChI=1S/C11H13N3.C10H20.C8H5F3O.CH4/c1-8-12-10-7-5-4-6-9(10)11(13-8)14(2)3;1-3-4-10-7-5-9(2)6-8-10;1-4(12)8-6(10)2-5(9)3-7(8)11;/h4-7H,1-3H3;9-10H,3-8H2,1-2H3;2-3H,1H3;1H4. The van der Waals surface area contributed by atoms with E-state index in [2.05, 4.69) is 23.8 Å². The topological polar surface area (TPSA) is 46.1 Å². The van der Waals surface area contributed by atoms with E-state index in [0.29, 0.717) is 12.1 Å². The number of nitrogens with zero attached hydrogens (tertiary/aromatic N) is 3. The van der Waals surface area contributed by atoms with Crippen molar-refractivity contribution in [2.45, 2.75) is 73.6 Å². The van der Waals surface area contributed by atoms with Gasteiger partial charge >= 0.3 is 0 Å². The Balaban J connectivity index is 0.000000278. The fourth-order valence-electron chi connectivity index (χ4n) is 4.42. The molecule has 0 bridgehead atoms. The summed E-state index contributed by atoms with van der Waals surface area (Å²) in [7, 11) is 3.99. The van der Waals surface area contributed by atoms with E-state index in [1.54, 1.807) is 0 Å². The Morgan fingerprint density at radius 1 is 1.00 bits per heavy atom. The van der Waals surface area contributed by atoms with Crippen molar-refractivity contribution >= 4 is 22.5 Å². The van der Waals surface area contributed by atoms with E-state index in [4.69, 9.17) is 0 Å². The molecule has 2 aromatic carbocycles. The molecule has 1 aliphatic carbocycles. The molecule has 4 nitrogen and oxygen atoms in total. The molecule has 37 heavy (non-hydrogen) atoms. The first-order chi connectivity index (χ1) is 17.0. The number of aryl methyl sites for hydroxylation is 1. The molecule has 0 saturated heterocycles. The van der Waals surface area contributed by atoms with Crippen LogP contribution in [0.1, 0.15) is 82.9 Å². The van der Waals surface area contributed by atoms with Crippen LogP contribution >= 0.6 is 0 Å². The summed E-state index contributed by atoms with van der Waals surface area (Å²) in [5, 5.41) is 1.10. The van der Waals surface area contributed by atoms with Crippen LogP contribution in [0.25, 0.3) is 10.9 Å². The summed E-state index contributed by atoms with van der Waals surface area (Å²) >= 11 is 0. The number of fused-ring (bicyclic) bond motifs is 1. The number of rotatable bonds is 4. The molecule has 204 valence electrons. The lowest BCUT2D eigenvalue weighted by atomic mass is 9.81. The molecule has 0 atom stereocenters. The van der Waals surface area contributed by atoms with Crippen molar-refractivity contribution in [1.29, 1.82) is 0 Å². The highest BCUT2D eigenvalue weighted by Gasteiger charge is 2.17. The minimum absolute atomic E-state index is 0. The lowest BCUT2D eigenvalue weighted by Crippen LogP contribution is -2.12. The van der Waals surface area contributed by atoms with Gasteiger partial charge in [-0.15, -0.1) is 0 Å². The monoisotopic (exact) mass is 517 g/mol. The van der Waals surface area contributed by atoms with E-state index in [0.717, 1.165) is 41.3 Å². The first kappa shape index (κ1) is 32.1. The third-order valence-corrected chi connectivity index (χ3v) is 6.31. The molecule has 0 spiro atoms. The zero-order valence-corrected chi connectivity index (χ0v) is 22.2. The molecule has 3 aromatic rings. The van der Waals surface area contributed by atoms with Gasteiger partial charge in [-0.2, -0.15) is 0 Å². The number of hydrogen-bond acceptors (Lipinski definition) is 4. The average Bonchev–Trinajstić information content (AvgIpc) is 2.80. The molecule has 0 unspecified atom stereocenters. The minimum Gasteiger partial charge on any atom is -0.362 e. The van der Waals surface area contributed by atoms with E-state index in [9.17, 15) is 18.0 Å². The summed E-state index contributed by atoms with van der Waals surface area (Å²) in [6, 6.07) is 9.00. The van der Waals surface area contributed by atoms with Gasteiger partial charge in [-0.3, -0.25) is 4.79 Å². The number of carbonyl (C=O) groups is 1. The lowest BCUT2D eigenvalue weighted by molar-refractivity contribution is 0.100. The molecule has 0 aliphatic heterocycles. The Bertz CT molecular complexity index is 1120. The summed E-state index contributed by atoms with van der Waals surface area (Å²) < 4.78 is 37.6. The second-order valence-corrected chi connectivity index (χ2v) is 9.72. The number of Topliss-reactive ketones (excluding diaryl/α,β-unsaturated/α-hetero) is 1. The first-order valence-corrected chi connectivity index (χ1v) is 12.6. The highest BCUT2D eigenvalue weighted by Crippen LogP contribution is 2.30. The minimum atomic E-state index is -1.17. The summed E-state index contributed by atoms with van der Waals surface area (Å²) in [4.78, 5) is 21.4. The molecule has 1 aliphatic rings. The number of aromatic nitrogens is 2. The maximum absolute atomic E-state index is 12.7. The highest BCUT2D eigenvalue weighted by molar-refractivity contribution is 5.94. The van der Waals surface area contributed by atoms with Gasteiger partial charge in [0.1, 0.15) is 29.1 Å². The molecule has 7 heteroatoms. The number of para-hydroxylation sites is 1. The van der Waals surface area contributed by atoms with Crippen LogP contribution < -0.4 is 4.90 Å². The molecule has 0 N–H and O–H groups in total. The van der Waals surface area contributed by atoms with Gasteiger partial charge in [0.2, 0.25) is 0 Å². The quantitative estimate of drug-likeness (QED) is 0.325. The largest absolute Gasteiger partial charge is 0.362 e. The maximum atomic E-state index is 12.7. The summed E-state index contributed by atoms with van der Waals surface area (Å²) in [5.74, 6) is -0.227. The van der Waals surface area contributed by atoms with Crippen molar-refractivity contribution in [3.05, 3.63) is 65.2 Å². The van der Waals surface area contributed by atoms with Crippen molar-refractivity contribution in [3.63, 3.8) is 0 Å². The van der Waals surface area contributed by atoms with Crippen LogP contribution in [0, 0.1) is 36.2 Å². The normalized spacial score (nSPS) is 16.5. The SMILES string of the molecule is C.CC(=O)c1c(F)cc(F)cc1F.CCCC1CCC(C)CC1.Cc1nc(N(C)C)c2ccccc2n1. The third kappa shape index (κ3) is 9.78. The Hall–Kier alpha value is -2.96. The number of ketones is 1. The Kier molecular flexibility index (Phi) is 13.3. The van der Waals surface area contributed by atoms with Gasteiger partial charge in [0, 0.05) is 31.6 Å². The second kappa shape index (κ2) is 15.3. The average molecular weight is 518 g/mol. The number of carbonyl (C=O) groups excluding carboxylic acids is 1. The molecule has 1 heterocycles. The van der Waals surface area contributed by atoms with Crippen LogP contribution in [0.15, 0.2) is 36.4 Å². The third-order valence-electron chi connectivity index (χ3n) is 6.31.